The third-order valence-corrected chi connectivity index (χ3v) is 11.3. The molecule has 0 aromatic rings. The van der Waals surface area contributed by atoms with Gasteiger partial charge in [-0.1, -0.05) is 60.1 Å². The number of hydrogen-bond donors (Lipinski definition) is 1. The van der Waals surface area contributed by atoms with Gasteiger partial charge in [0.2, 0.25) is 5.78 Å². The van der Waals surface area contributed by atoms with Gasteiger partial charge in [-0.2, -0.15) is 0 Å². The molecule has 3 fully saturated rings. The van der Waals surface area contributed by atoms with Crippen molar-refractivity contribution >= 4 is 47.0 Å². The molecule has 4 rings (SSSR count). The first kappa shape index (κ1) is 47.0. The number of carbonyl (C=O) groups is 6. The van der Waals surface area contributed by atoms with Crippen molar-refractivity contribution in [2.24, 2.45) is 28.6 Å². The van der Waals surface area contributed by atoms with Crippen LogP contribution >= 0.6 is 11.6 Å². The Morgan fingerprint density at radius 2 is 1.46 bits per heavy atom. The predicted octanol–water partition coefficient (Wildman–Crippen LogP) is -3.61. The molecule has 0 bridgehead atoms. The SMILES string of the molecule is CCC(=O)OCC(=O)[C@@]1(OC(=O)CC)[C@@H](C)C[C@H]2[C@@H]3CCC4=CC(=O)C=C[C@]4(C)C3(Cl)[C@@H](O)C[C@@]21C.CCC(=O)[O-].CCC(=O)[O-].[Na+].[Na+]. The van der Waals surface area contributed by atoms with Crippen molar-refractivity contribution in [1.29, 1.82) is 0 Å². The number of allylic oxidation sites excluding steroid dienone is 4. The zero-order valence-corrected chi connectivity index (χ0v) is 34.6. The number of aliphatic hydroxyl groups excluding tert-OH is 1. The Labute approximate surface area is 332 Å². The summed E-state index contributed by atoms with van der Waals surface area (Å²) in [5, 5.41) is 30.3. The predicted molar refractivity (Wildman–Crippen MR) is 164 cm³/mol. The van der Waals surface area contributed by atoms with Gasteiger partial charge in [0, 0.05) is 41.5 Å². The number of carboxylic acid groups (broad SMARTS) is 2. The molecule has 48 heavy (non-hydrogen) atoms. The van der Waals surface area contributed by atoms with Gasteiger partial charge >= 0.3 is 71.1 Å². The fraction of sp³-hybridized carbons (Fsp3) is 0.706. The number of ether oxygens (including phenoxy) is 2. The van der Waals surface area contributed by atoms with Gasteiger partial charge in [-0.25, -0.2) is 0 Å². The molecule has 0 saturated heterocycles. The summed E-state index contributed by atoms with van der Waals surface area (Å²) >= 11 is 7.48. The molecule has 11 nitrogen and oxygen atoms in total. The van der Waals surface area contributed by atoms with Crippen molar-refractivity contribution in [2.45, 2.75) is 116 Å². The van der Waals surface area contributed by atoms with Crippen molar-refractivity contribution in [2.75, 3.05) is 6.61 Å². The molecule has 0 aromatic heterocycles. The van der Waals surface area contributed by atoms with Gasteiger partial charge in [0.15, 0.2) is 18.0 Å². The topological polar surface area (TPSA) is 187 Å². The first-order valence-corrected chi connectivity index (χ1v) is 16.3. The maximum absolute atomic E-state index is 13.9. The van der Waals surface area contributed by atoms with E-state index in [9.17, 15) is 44.1 Å². The minimum absolute atomic E-state index is 0. The number of alkyl halides is 1. The van der Waals surface area contributed by atoms with Crippen LogP contribution in [-0.4, -0.2) is 63.7 Å². The molecule has 0 amide bonds. The summed E-state index contributed by atoms with van der Waals surface area (Å²) in [6, 6.07) is 0. The quantitative estimate of drug-likeness (QED) is 0.149. The number of carbonyl (C=O) groups excluding carboxylic acids is 6. The molecule has 1 N–H and O–H groups in total. The van der Waals surface area contributed by atoms with Gasteiger partial charge in [0.25, 0.3) is 0 Å². The maximum atomic E-state index is 13.9. The van der Waals surface area contributed by atoms with Gasteiger partial charge < -0.3 is 34.4 Å². The van der Waals surface area contributed by atoms with Crippen LogP contribution in [0.15, 0.2) is 23.8 Å². The van der Waals surface area contributed by atoms with E-state index in [-0.39, 0.29) is 115 Å². The van der Waals surface area contributed by atoms with Crippen LogP contribution in [0.25, 0.3) is 0 Å². The summed E-state index contributed by atoms with van der Waals surface area (Å²) in [5.74, 6) is -4.23. The fourth-order valence-corrected chi connectivity index (χ4v) is 8.53. The molecular formula is C34H47ClNa2O11. The van der Waals surface area contributed by atoms with Crippen LogP contribution in [0.2, 0.25) is 0 Å². The Kier molecular flexibility index (Phi) is 18.6. The first-order valence-electron chi connectivity index (χ1n) is 16.0. The average molecular weight is 713 g/mol. The van der Waals surface area contributed by atoms with Crippen molar-refractivity contribution in [1.82, 2.24) is 0 Å². The number of halogens is 1. The molecule has 0 aromatic carbocycles. The summed E-state index contributed by atoms with van der Waals surface area (Å²) in [7, 11) is 0. The monoisotopic (exact) mass is 712 g/mol. The smallest absolute Gasteiger partial charge is 0.550 e. The van der Waals surface area contributed by atoms with E-state index in [0.717, 1.165) is 5.57 Å². The molecule has 0 spiro atoms. The number of esters is 2. The van der Waals surface area contributed by atoms with Gasteiger partial charge in [-0.15, -0.1) is 11.6 Å². The van der Waals surface area contributed by atoms with Crippen LogP contribution in [0.5, 0.6) is 0 Å². The Balaban J connectivity index is 0.00000161. The van der Waals surface area contributed by atoms with Crippen molar-refractivity contribution in [3.05, 3.63) is 23.8 Å². The Morgan fingerprint density at radius 1 is 0.938 bits per heavy atom. The molecule has 14 heteroatoms. The van der Waals surface area contributed by atoms with E-state index in [1.165, 1.54) is 19.9 Å². The molecule has 0 heterocycles. The van der Waals surface area contributed by atoms with Crippen LogP contribution < -0.4 is 69.3 Å². The average Bonchev–Trinajstić information content (AvgIpc) is 3.23. The van der Waals surface area contributed by atoms with Gasteiger partial charge in [0.05, 0.1) is 11.0 Å². The van der Waals surface area contributed by atoms with Crippen LogP contribution in [-0.2, 0) is 38.2 Å². The molecule has 3 saturated carbocycles. The molecule has 258 valence electrons. The molecule has 8 atom stereocenters. The number of Topliss-reactive ketones (excluding diaryl/α,β-unsaturated/α-hetero) is 1. The Morgan fingerprint density at radius 3 is 1.94 bits per heavy atom. The third kappa shape index (κ3) is 8.87. The third-order valence-electron chi connectivity index (χ3n) is 10.4. The van der Waals surface area contributed by atoms with Gasteiger partial charge in [0.1, 0.15) is 0 Å². The zero-order chi connectivity index (χ0) is 35.3. The summed E-state index contributed by atoms with van der Waals surface area (Å²) in [5.41, 5.74) is -2.27. The zero-order valence-electron chi connectivity index (χ0n) is 29.8. The standard InChI is InChI=1S/C28H37ClO7.2C3H6O2.2Na/c1-6-23(33)35-15-22(32)28(36-24(34)7-2)16(3)12-20-19-9-8-17-13-18(30)10-11-25(17,4)27(19,29)21(31)14-26(20,28)5;2*1-2-3(4)5;;/h10-11,13,16,19-21,31H,6-9,12,14-15H2,1-5H3;2*2H2,1H3,(H,4,5);;/q;;;2*+1/p-2/t16-,19-,20-,21-,25-,26-,27?,28-;;;;/m0..../s1. The summed E-state index contributed by atoms with van der Waals surface area (Å²) < 4.78 is 11.3. The van der Waals surface area contributed by atoms with Crippen LogP contribution in [0.4, 0.5) is 0 Å². The minimum atomic E-state index is -1.55. The minimum Gasteiger partial charge on any atom is -0.550 e. The first-order chi connectivity index (χ1) is 21.4. The van der Waals surface area contributed by atoms with Crippen LogP contribution in [0.3, 0.4) is 0 Å². The van der Waals surface area contributed by atoms with E-state index in [4.69, 9.17) is 21.1 Å². The number of carboxylic acids is 2. The second kappa shape index (κ2) is 19.0. The Hall–Kier alpha value is -1.05. The maximum Gasteiger partial charge on any atom is 1.00 e. The van der Waals surface area contributed by atoms with Crippen molar-refractivity contribution in [3.63, 3.8) is 0 Å². The van der Waals surface area contributed by atoms with E-state index >= 15 is 0 Å². The summed E-state index contributed by atoms with van der Waals surface area (Å²) in [6.07, 6.45) is 6.40. The van der Waals surface area contributed by atoms with E-state index < -0.39 is 63.7 Å². The van der Waals surface area contributed by atoms with E-state index in [1.807, 2.05) is 26.8 Å². The van der Waals surface area contributed by atoms with Crippen LogP contribution in [0, 0.1) is 28.6 Å². The molecule has 0 radical (unpaired) electrons. The number of hydrogen-bond acceptors (Lipinski definition) is 11. The molecule has 4 aliphatic carbocycles. The molecule has 1 unspecified atom stereocenters. The Bertz CT molecular complexity index is 1270. The van der Waals surface area contributed by atoms with Crippen molar-refractivity contribution in [3.8, 4) is 0 Å². The van der Waals surface area contributed by atoms with E-state index in [1.54, 1.807) is 19.9 Å². The van der Waals surface area contributed by atoms with Crippen molar-refractivity contribution < 1.29 is 113 Å². The largest absolute Gasteiger partial charge is 1.00 e. The van der Waals surface area contributed by atoms with E-state index in [0.29, 0.717) is 19.3 Å². The second-order valence-electron chi connectivity index (χ2n) is 12.9. The normalized spacial score (nSPS) is 33.9. The van der Waals surface area contributed by atoms with Gasteiger partial charge in [-0.05, 0) is 62.5 Å². The van der Waals surface area contributed by atoms with Crippen LogP contribution in [0.1, 0.15) is 99.8 Å². The summed E-state index contributed by atoms with van der Waals surface area (Å²) in [6.45, 7) is 11.7. The molecule has 0 aliphatic heterocycles. The van der Waals surface area contributed by atoms with Gasteiger partial charge in [-0.3, -0.25) is 19.2 Å². The van der Waals surface area contributed by atoms with E-state index in [2.05, 4.69) is 0 Å². The summed E-state index contributed by atoms with van der Waals surface area (Å²) in [4.78, 5) is 68.0. The molecular weight excluding hydrogens is 666 g/mol. The molecule has 4 aliphatic rings. The number of aliphatic carboxylic acids is 2. The fourth-order valence-electron chi connectivity index (χ4n) is 8.01. The second-order valence-corrected chi connectivity index (χ2v) is 13.5. The number of aliphatic hydroxyl groups is 1. The number of fused-ring (bicyclic) bond motifs is 5. The number of rotatable bonds is 8. The number of ketones is 2.